The van der Waals surface area contributed by atoms with Crippen LogP contribution < -0.4 is 5.73 Å². The highest BCUT2D eigenvalue weighted by atomic mass is 16.5. The molecule has 0 unspecified atom stereocenters. The van der Waals surface area contributed by atoms with E-state index in [0.717, 1.165) is 30.7 Å². The Bertz CT molecular complexity index is 140. The van der Waals surface area contributed by atoms with Crippen LogP contribution in [0.3, 0.4) is 0 Å². The van der Waals surface area contributed by atoms with Crippen LogP contribution in [-0.4, -0.2) is 29.3 Å². The van der Waals surface area contributed by atoms with Crippen LogP contribution in [0.4, 0.5) is 0 Å². The van der Waals surface area contributed by atoms with Crippen LogP contribution >= 0.6 is 0 Å². The van der Waals surface area contributed by atoms with Crippen LogP contribution in [0.2, 0.25) is 0 Å². The molecule has 0 spiro atoms. The Balaban J connectivity index is 3.38. The Hall–Kier alpha value is -0.610. The van der Waals surface area contributed by atoms with Crippen molar-refractivity contribution in [2.75, 3.05) is 13.1 Å². The van der Waals surface area contributed by atoms with Crippen LogP contribution in [0.5, 0.6) is 0 Å². The van der Waals surface area contributed by atoms with Crippen LogP contribution in [0, 0.1) is 0 Å². The van der Waals surface area contributed by atoms with Gasteiger partial charge in [0.15, 0.2) is 0 Å². The molecule has 0 aliphatic carbocycles. The van der Waals surface area contributed by atoms with Crippen LogP contribution in [0.1, 0.15) is 39.0 Å². The summed E-state index contributed by atoms with van der Waals surface area (Å²) in [6, 6.07) is 0. The molecule has 0 saturated heterocycles. The minimum absolute atomic E-state index is 0.185. The van der Waals surface area contributed by atoms with E-state index in [-0.39, 0.29) is 5.91 Å². The molecule has 4 heteroatoms. The molecule has 13 heavy (non-hydrogen) atoms. The summed E-state index contributed by atoms with van der Waals surface area (Å²) in [5.41, 5.74) is 5.31. The Morgan fingerprint density at radius 2 is 2.08 bits per heavy atom. The molecular weight excluding hydrogens is 168 g/mol. The molecule has 4 nitrogen and oxygen atoms in total. The number of hydrogen-bond donors (Lipinski definition) is 2. The first-order valence-corrected chi connectivity index (χ1v) is 4.91. The average molecular weight is 188 g/mol. The van der Waals surface area contributed by atoms with Crippen molar-refractivity contribution in [3.05, 3.63) is 0 Å². The molecule has 0 aliphatic heterocycles. The summed E-state index contributed by atoms with van der Waals surface area (Å²) in [5.74, 6) is -0.185. The number of hydroxylamine groups is 2. The highest BCUT2D eigenvalue weighted by Crippen LogP contribution is 1.99. The monoisotopic (exact) mass is 188 g/mol. The molecule has 0 aromatic rings. The average Bonchev–Trinajstić information content (AvgIpc) is 2.12. The zero-order chi connectivity index (χ0) is 10.1. The Morgan fingerprint density at radius 1 is 1.38 bits per heavy atom. The van der Waals surface area contributed by atoms with Gasteiger partial charge in [-0.1, -0.05) is 13.3 Å². The molecular formula is C9H20N2O2. The molecule has 0 rings (SSSR count). The second-order valence-electron chi connectivity index (χ2n) is 3.12. The summed E-state index contributed by atoms with van der Waals surface area (Å²) in [6.45, 7) is 3.02. The van der Waals surface area contributed by atoms with Gasteiger partial charge in [0.25, 0.3) is 0 Å². The standard InChI is InChI=1S/C9H20N2O2/c1-2-6-9(12)11(13)8-5-3-4-7-10/h13H,2-8,10H2,1H3. The van der Waals surface area contributed by atoms with Gasteiger partial charge in [0.05, 0.1) is 0 Å². The third-order valence-electron chi connectivity index (χ3n) is 1.83. The highest BCUT2D eigenvalue weighted by molar-refractivity contribution is 5.74. The lowest BCUT2D eigenvalue weighted by atomic mass is 10.2. The van der Waals surface area contributed by atoms with E-state index >= 15 is 0 Å². The smallest absolute Gasteiger partial charge is 0.245 e. The van der Waals surface area contributed by atoms with Gasteiger partial charge >= 0.3 is 0 Å². The number of unbranched alkanes of at least 4 members (excludes halogenated alkanes) is 2. The van der Waals surface area contributed by atoms with Gasteiger partial charge in [0.1, 0.15) is 0 Å². The summed E-state index contributed by atoms with van der Waals surface area (Å²) >= 11 is 0. The van der Waals surface area contributed by atoms with Crippen LogP contribution in [0.15, 0.2) is 0 Å². The van der Waals surface area contributed by atoms with Crippen molar-refractivity contribution in [3.8, 4) is 0 Å². The summed E-state index contributed by atoms with van der Waals surface area (Å²) in [7, 11) is 0. The lowest BCUT2D eigenvalue weighted by Crippen LogP contribution is -2.28. The van der Waals surface area contributed by atoms with Gasteiger partial charge in [-0.05, 0) is 25.8 Å². The van der Waals surface area contributed by atoms with Crippen molar-refractivity contribution in [2.24, 2.45) is 5.73 Å². The molecule has 0 fully saturated rings. The van der Waals surface area contributed by atoms with E-state index in [2.05, 4.69) is 0 Å². The molecule has 0 aromatic heterocycles. The number of amides is 1. The molecule has 0 bridgehead atoms. The van der Waals surface area contributed by atoms with Crippen molar-refractivity contribution in [1.29, 1.82) is 0 Å². The lowest BCUT2D eigenvalue weighted by Gasteiger charge is -2.13. The second kappa shape index (κ2) is 8.01. The Morgan fingerprint density at radius 3 is 2.62 bits per heavy atom. The maximum atomic E-state index is 11.1. The molecule has 0 heterocycles. The largest absolute Gasteiger partial charge is 0.330 e. The zero-order valence-electron chi connectivity index (χ0n) is 8.33. The normalized spacial score (nSPS) is 10.1. The van der Waals surface area contributed by atoms with Gasteiger partial charge in [0.2, 0.25) is 5.91 Å². The van der Waals surface area contributed by atoms with Crippen molar-refractivity contribution >= 4 is 5.91 Å². The number of nitrogens with zero attached hydrogens (tertiary/aromatic N) is 1. The first-order valence-electron chi connectivity index (χ1n) is 4.91. The minimum Gasteiger partial charge on any atom is -0.330 e. The number of rotatable bonds is 7. The third kappa shape index (κ3) is 6.54. The number of nitrogens with two attached hydrogens (primary N) is 1. The fraction of sp³-hybridized carbons (Fsp3) is 0.889. The molecule has 3 N–H and O–H groups in total. The lowest BCUT2D eigenvalue weighted by molar-refractivity contribution is -0.165. The summed E-state index contributed by atoms with van der Waals surface area (Å²) < 4.78 is 0. The van der Waals surface area contributed by atoms with Gasteiger partial charge in [-0.15, -0.1) is 0 Å². The summed E-state index contributed by atoms with van der Waals surface area (Å²) in [5, 5.41) is 10.0. The van der Waals surface area contributed by atoms with Gasteiger partial charge < -0.3 is 5.73 Å². The van der Waals surface area contributed by atoms with Gasteiger partial charge in [0, 0.05) is 13.0 Å². The van der Waals surface area contributed by atoms with Gasteiger partial charge in [-0.3, -0.25) is 10.0 Å². The van der Waals surface area contributed by atoms with E-state index in [1.54, 1.807) is 0 Å². The number of carbonyl (C=O) groups is 1. The minimum atomic E-state index is -0.185. The summed E-state index contributed by atoms with van der Waals surface area (Å²) in [4.78, 5) is 11.1. The van der Waals surface area contributed by atoms with E-state index in [1.165, 1.54) is 0 Å². The van der Waals surface area contributed by atoms with Gasteiger partial charge in [-0.25, -0.2) is 5.06 Å². The first kappa shape index (κ1) is 12.4. The number of hydrogen-bond acceptors (Lipinski definition) is 3. The third-order valence-corrected chi connectivity index (χ3v) is 1.83. The zero-order valence-corrected chi connectivity index (χ0v) is 8.33. The maximum Gasteiger partial charge on any atom is 0.245 e. The molecule has 0 atom stereocenters. The Labute approximate surface area is 79.7 Å². The van der Waals surface area contributed by atoms with Crippen LogP contribution in [0.25, 0.3) is 0 Å². The second-order valence-corrected chi connectivity index (χ2v) is 3.12. The highest BCUT2D eigenvalue weighted by Gasteiger charge is 2.07. The fourth-order valence-electron chi connectivity index (χ4n) is 1.05. The first-order chi connectivity index (χ1) is 6.22. The van der Waals surface area contributed by atoms with Crippen molar-refractivity contribution in [2.45, 2.75) is 39.0 Å². The number of carbonyl (C=O) groups excluding carboxylic acids is 1. The van der Waals surface area contributed by atoms with Crippen molar-refractivity contribution < 1.29 is 10.0 Å². The van der Waals surface area contributed by atoms with E-state index in [0.29, 0.717) is 19.5 Å². The predicted molar refractivity (Wildman–Crippen MR) is 51.3 cm³/mol. The van der Waals surface area contributed by atoms with E-state index in [1.807, 2.05) is 6.92 Å². The molecule has 1 amide bonds. The SMILES string of the molecule is CCCC(=O)N(O)CCCCCN. The van der Waals surface area contributed by atoms with Gasteiger partial charge in [-0.2, -0.15) is 0 Å². The van der Waals surface area contributed by atoms with Crippen molar-refractivity contribution in [1.82, 2.24) is 5.06 Å². The van der Waals surface area contributed by atoms with E-state index in [4.69, 9.17) is 5.73 Å². The quantitative estimate of drug-likeness (QED) is 0.357. The molecule has 0 aliphatic rings. The maximum absolute atomic E-state index is 11.1. The molecule has 0 radical (unpaired) electrons. The Kier molecular flexibility index (Phi) is 7.63. The van der Waals surface area contributed by atoms with E-state index in [9.17, 15) is 10.0 Å². The van der Waals surface area contributed by atoms with Crippen molar-refractivity contribution in [3.63, 3.8) is 0 Å². The molecule has 0 aromatic carbocycles. The molecule has 78 valence electrons. The van der Waals surface area contributed by atoms with Crippen LogP contribution in [-0.2, 0) is 4.79 Å². The topological polar surface area (TPSA) is 66.6 Å². The molecule has 0 saturated carbocycles. The fourth-order valence-corrected chi connectivity index (χ4v) is 1.05. The summed E-state index contributed by atoms with van der Waals surface area (Å²) in [6.07, 6.45) is 3.94. The predicted octanol–water partition coefficient (Wildman–Crippen LogP) is 1.13. The van der Waals surface area contributed by atoms with E-state index < -0.39 is 0 Å².